The molecule has 0 saturated carbocycles. The number of nitrogens with zero attached hydrogens (tertiary/aromatic N) is 1. The van der Waals surface area contributed by atoms with Crippen LogP contribution in [0.15, 0.2) is 24.3 Å². The van der Waals surface area contributed by atoms with Crippen LogP contribution >= 0.6 is 11.6 Å². The number of benzene rings is 1. The lowest BCUT2D eigenvalue weighted by Gasteiger charge is -2.19. The third kappa shape index (κ3) is 1.85. The largest absolute Gasteiger partial charge is 0.249 e. The number of halogens is 3. The maximum Gasteiger partial charge on any atom is 0.139 e. The molecule has 1 rings (SSSR count). The Balaban J connectivity index is 3.13. The molecule has 1 aromatic carbocycles. The lowest BCUT2D eigenvalue weighted by atomic mass is 9.85. The van der Waals surface area contributed by atoms with Crippen molar-refractivity contribution in [3.8, 4) is 6.07 Å². The van der Waals surface area contributed by atoms with Crippen LogP contribution in [-0.4, -0.2) is 13.3 Å². The minimum Gasteiger partial charge on any atom is -0.249 e. The molecule has 0 radical (unpaired) electrons. The Hall–Kier alpha value is -1.14. The summed E-state index contributed by atoms with van der Waals surface area (Å²) in [4.78, 5) is 0. The van der Waals surface area contributed by atoms with Crippen molar-refractivity contribution in [2.45, 2.75) is 5.41 Å². The van der Waals surface area contributed by atoms with Crippen molar-refractivity contribution in [3.05, 3.63) is 34.9 Å². The first-order chi connectivity index (χ1) is 6.68. The van der Waals surface area contributed by atoms with Gasteiger partial charge in [-0.2, -0.15) is 5.26 Å². The van der Waals surface area contributed by atoms with E-state index < -0.39 is 18.8 Å². The van der Waals surface area contributed by atoms with Gasteiger partial charge in [0.2, 0.25) is 0 Å². The third-order valence-electron chi connectivity index (χ3n) is 2.07. The highest BCUT2D eigenvalue weighted by atomic mass is 35.5. The van der Waals surface area contributed by atoms with Crippen LogP contribution in [0.2, 0.25) is 5.02 Å². The normalized spacial score (nSPS) is 11.0. The second-order valence-corrected chi connectivity index (χ2v) is 3.40. The zero-order chi connectivity index (χ0) is 10.6. The van der Waals surface area contributed by atoms with E-state index in [0.29, 0.717) is 10.6 Å². The van der Waals surface area contributed by atoms with Crippen molar-refractivity contribution in [2.24, 2.45) is 0 Å². The average Bonchev–Trinajstić information content (AvgIpc) is 2.24. The molecule has 0 unspecified atom stereocenters. The van der Waals surface area contributed by atoms with Gasteiger partial charge in [-0.05, 0) is 17.7 Å². The van der Waals surface area contributed by atoms with Gasteiger partial charge in [0.15, 0.2) is 0 Å². The van der Waals surface area contributed by atoms with Crippen LogP contribution in [0.3, 0.4) is 0 Å². The Morgan fingerprint density at radius 2 is 1.71 bits per heavy atom. The second kappa shape index (κ2) is 4.39. The molecule has 0 aromatic heterocycles. The first kappa shape index (κ1) is 10.9. The van der Waals surface area contributed by atoms with Gasteiger partial charge in [0, 0.05) is 5.02 Å². The Morgan fingerprint density at radius 1 is 1.21 bits per heavy atom. The number of rotatable bonds is 3. The number of nitriles is 1. The zero-order valence-corrected chi connectivity index (χ0v) is 8.06. The molecule has 1 nitrogen and oxygen atoms in total. The highest BCUT2D eigenvalue weighted by Gasteiger charge is 2.32. The molecule has 0 atom stereocenters. The molecule has 74 valence electrons. The van der Waals surface area contributed by atoms with Crippen molar-refractivity contribution in [1.29, 1.82) is 5.26 Å². The maximum absolute atomic E-state index is 12.6. The van der Waals surface area contributed by atoms with E-state index in [2.05, 4.69) is 0 Å². The van der Waals surface area contributed by atoms with Gasteiger partial charge < -0.3 is 0 Å². The Kier molecular flexibility index (Phi) is 3.43. The number of hydrogen-bond acceptors (Lipinski definition) is 1. The first-order valence-corrected chi connectivity index (χ1v) is 4.35. The van der Waals surface area contributed by atoms with Gasteiger partial charge in [-0.15, -0.1) is 0 Å². The molecule has 0 N–H and O–H groups in total. The molecule has 14 heavy (non-hydrogen) atoms. The number of alkyl halides is 2. The molecule has 0 aliphatic heterocycles. The highest BCUT2D eigenvalue weighted by Crippen LogP contribution is 2.26. The summed E-state index contributed by atoms with van der Waals surface area (Å²) in [6, 6.07) is 7.60. The summed E-state index contributed by atoms with van der Waals surface area (Å²) >= 11 is 5.62. The standard InChI is InChI=1S/C10H8ClF2N/c11-9-3-1-8(2-4-9)10(5-12,6-13)7-14/h1-4H,5-6H2. The maximum atomic E-state index is 12.6. The second-order valence-electron chi connectivity index (χ2n) is 2.97. The molecular formula is C10H8ClF2N. The molecule has 0 amide bonds. The first-order valence-electron chi connectivity index (χ1n) is 3.98. The lowest BCUT2D eigenvalue weighted by molar-refractivity contribution is 0.294. The average molecular weight is 216 g/mol. The summed E-state index contributed by atoms with van der Waals surface area (Å²) in [6.07, 6.45) is 0. The fraction of sp³-hybridized carbons (Fsp3) is 0.300. The summed E-state index contributed by atoms with van der Waals surface area (Å²) in [5, 5.41) is 9.21. The molecule has 0 aliphatic rings. The molecule has 0 fully saturated rings. The SMILES string of the molecule is N#CC(CF)(CF)c1ccc(Cl)cc1. The predicted octanol–water partition coefficient (Wildman–Crippen LogP) is 3.04. The van der Waals surface area contributed by atoms with Crippen molar-refractivity contribution >= 4 is 11.6 Å². The van der Waals surface area contributed by atoms with Gasteiger partial charge in [0.25, 0.3) is 0 Å². The van der Waals surface area contributed by atoms with Gasteiger partial charge in [-0.25, -0.2) is 8.78 Å². The summed E-state index contributed by atoms with van der Waals surface area (Å²) in [5.74, 6) is 0. The van der Waals surface area contributed by atoms with Crippen LogP contribution in [-0.2, 0) is 5.41 Å². The van der Waals surface area contributed by atoms with Crippen molar-refractivity contribution in [1.82, 2.24) is 0 Å². The summed E-state index contributed by atoms with van der Waals surface area (Å²) in [6.45, 7) is -2.08. The topological polar surface area (TPSA) is 23.8 Å². The van der Waals surface area contributed by atoms with Crippen LogP contribution in [0, 0.1) is 11.3 Å². The van der Waals surface area contributed by atoms with Gasteiger partial charge >= 0.3 is 0 Å². The van der Waals surface area contributed by atoms with Gasteiger partial charge in [0.05, 0.1) is 6.07 Å². The van der Waals surface area contributed by atoms with E-state index in [-0.39, 0.29) is 0 Å². The van der Waals surface area contributed by atoms with Crippen LogP contribution < -0.4 is 0 Å². The van der Waals surface area contributed by atoms with E-state index in [4.69, 9.17) is 16.9 Å². The van der Waals surface area contributed by atoms with E-state index in [1.165, 1.54) is 24.3 Å². The minimum atomic E-state index is -1.68. The smallest absolute Gasteiger partial charge is 0.139 e. The van der Waals surface area contributed by atoms with E-state index >= 15 is 0 Å². The van der Waals surface area contributed by atoms with Crippen LogP contribution in [0.1, 0.15) is 5.56 Å². The van der Waals surface area contributed by atoms with E-state index in [9.17, 15) is 8.78 Å². The quantitative estimate of drug-likeness (QED) is 0.760. The summed E-state index contributed by atoms with van der Waals surface area (Å²) in [5.41, 5.74) is -1.36. The van der Waals surface area contributed by atoms with Crippen LogP contribution in [0.4, 0.5) is 8.78 Å². The molecule has 1 aromatic rings. The van der Waals surface area contributed by atoms with Gasteiger partial charge in [-0.3, -0.25) is 0 Å². The Bertz CT molecular complexity index is 338. The minimum absolute atomic E-state index is 0.314. The monoisotopic (exact) mass is 215 g/mol. The number of hydrogen-bond donors (Lipinski definition) is 0. The van der Waals surface area contributed by atoms with Crippen LogP contribution in [0.5, 0.6) is 0 Å². The molecular weight excluding hydrogens is 208 g/mol. The summed E-state index contributed by atoms with van der Waals surface area (Å²) in [7, 11) is 0. The van der Waals surface area contributed by atoms with Gasteiger partial charge in [-0.1, -0.05) is 23.7 Å². The van der Waals surface area contributed by atoms with Crippen LogP contribution in [0.25, 0.3) is 0 Å². The fourth-order valence-electron chi connectivity index (χ4n) is 1.08. The molecule has 0 spiro atoms. The molecule has 4 heteroatoms. The zero-order valence-electron chi connectivity index (χ0n) is 7.30. The molecule has 0 aliphatic carbocycles. The van der Waals surface area contributed by atoms with Gasteiger partial charge in [0.1, 0.15) is 18.8 Å². The highest BCUT2D eigenvalue weighted by molar-refractivity contribution is 6.30. The van der Waals surface area contributed by atoms with Crippen molar-refractivity contribution < 1.29 is 8.78 Å². The predicted molar refractivity (Wildman–Crippen MR) is 50.7 cm³/mol. The van der Waals surface area contributed by atoms with E-state index in [1.807, 2.05) is 0 Å². The van der Waals surface area contributed by atoms with E-state index in [1.54, 1.807) is 6.07 Å². The van der Waals surface area contributed by atoms with Crippen molar-refractivity contribution in [2.75, 3.05) is 13.3 Å². The molecule has 0 bridgehead atoms. The van der Waals surface area contributed by atoms with E-state index in [0.717, 1.165) is 0 Å². The van der Waals surface area contributed by atoms with Crippen molar-refractivity contribution in [3.63, 3.8) is 0 Å². The molecule has 0 saturated heterocycles. The Labute approximate surface area is 85.9 Å². The molecule has 0 heterocycles. The fourth-order valence-corrected chi connectivity index (χ4v) is 1.21. The third-order valence-corrected chi connectivity index (χ3v) is 2.32. The summed E-state index contributed by atoms with van der Waals surface area (Å²) < 4.78 is 25.2. The Morgan fingerprint density at radius 3 is 2.07 bits per heavy atom. The lowest BCUT2D eigenvalue weighted by Crippen LogP contribution is -2.29.